The molecule has 2 amide bonds. The Morgan fingerprint density at radius 2 is 1.81 bits per heavy atom. The second-order valence-electron chi connectivity index (χ2n) is 5.59. The van der Waals surface area contributed by atoms with E-state index in [1.807, 2.05) is 17.5 Å². The number of Topliss-reactive ketones (excluding diaryl/α,β-unsaturated/α-hetero) is 1. The number of carbonyl (C=O) groups excluding carboxylic acids is 3. The van der Waals surface area contributed by atoms with Gasteiger partial charge in [-0.05, 0) is 60.8 Å². The summed E-state index contributed by atoms with van der Waals surface area (Å²) in [4.78, 5) is 37.1. The molecule has 0 fully saturated rings. The minimum Gasteiger partial charge on any atom is -0.459 e. The van der Waals surface area contributed by atoms with Crippen molar-refractivity contribution in [3.8, 4) is 0 Å². The highest BCUT2D eigenvalue weighted by molar-refractivity contribution is 7.10. The first kappa shape index (κ1) is 18.3. The summed E-state index contributed by atoms with van der Waals surface area (Å²) >= 11 is 1.44. The summed E-state index contributed by atoms with van der Waals surface area (Å²) in [7, 11) is 0. The molecule has 7 heteroatoms. The number of carbonyl (C=O) groups is 3. The smallest absolute Gasteiger partial charge is 0.291 e. The monoisotopic (exact) mass is 380 g/mol. The highest BCUT2D eigenvalue weighted by atomic mass is 32.1. The zero-order valence-electron chi connectivity index (χ0n) is 14.4. The average Bonchev–Trinajstić information content (AvgIpc) is 3.35. The Balaban J connectivity index is 1.80. The Bertz CT molecular complexity index is 972. The van der Waals surface area contributed by atoms with Crippen LogP contribution in [0.1, 0.15) is 32.7 Å². The highest BCUT2D eigenvalue weighted by Crippen LogP contribution is 2.15. The molecule has 3 rings (SSSR count). The molecule has 0 aliphatic heterocycles. The van der Waals surface area contributed by atoms with E-state index in [1.54, 1.807) is 36.4 Å². The third kappa shape index (κ3) is 4.80. The van der Waals surface area contributed by atoms with Gasteiger partial charge in [0.2, 0.25) is 0 Å². The number of hydrogen-bond donors (Lipinski definition) is 2. The van der Waals surface area contributed by atoms with Crippen molar-refractivity contribution >= 4 is 40.7 Å². The Kier molecular flexibility index (Phi) is 5.63. The van der Waals surface area contributed by atoms with Gasteiger partial charge >= 0.3 is 0 Å². The van der Waals surface area contributed by atoms with E-state index in [2.05, 4.69) is 10.6 Å². The van der Waals surface area contributed by atoms with Gasteiger partial charge in [0.1, 0.15) is 5.70 Å². The number of nitrogens with one attached hydrogen (secondary N) is 2. The van der Waals surface area contributed by atoms with Crippen molar-refractivity contribution in [3.63, 3.8) is 0 Å². The first-order chi connectivity index (χ1) is 13.0. The van der Waals surface area contributed by atoms with E-state index < -0.39 is 11.8 Å². The van der Waals surface area contributed by atoms with Crippen molar-refractivity contribution in [2.75, 3.05) is 5.32 Å². The van der Waals surface area contributed by atoms with E-state index in [1.165, 1.54) is 30.6 Å². The summed E-state index contributed by atoms with van der Waals surface area (Å²) in [5.74, 6) is -0.966. The van der Waals surface area contributed by atoms with Gasteiger partial charge in [0, 0.05) is 16.1 Å². The maximum Gasteiger partial charge on any atom is 0.291 e. The van der Waals surface area contributed by atoms with E-state index in [0.29, 0.717) is 11.3 Å². The summed E-state index contributed by atoms with van der Waals surface area (Å²) in [5.41, 5.74) is 1.14. The molecule has 27 heavy (non-hydrogen) atoms. The summed E-state index contributed by atoms with van der Waals surface area (Å²) < 4.78 is 5.06. The lowest BCUT2D eigenvalue weighted by molar-refractivity contribution is -0.113. The molecule has 2 N–H and O–H groups in total. The fourth-order valence-electron chi connectivity index (χ4n) is 2.25. The van der Waals surface area contributed by atoms with Crippen LogP contribution in [0.5, 0.6) is 0 Å². The van der Waals surface area contributed by atoms with Crippen molar-refractivity contribution in [1.82, 2.24) is 5.32 Å². The Morgan fingerprint density at radius 3 is 2.41 bits per heavy atom. The summed E-state index contributed by atoms with van der Waals surface area (Å²) in [6.45, 7) is 1.47. The largest absolute Gasteiger partial charge is 0.459 e. The van der Waals surface area contributed by atoms with Crippen LogP contribution in [-0.2, 0) is 4.79 Å². The molecule has 1 aromatic carbocycles. The topological polar surface area (TPSA) is 88.4 Å². The number of hydrogen-bond acceptors (Lipinski definition) is 5. The molecular weight excluding hydrogens is 364 g/mol. The molecule has 3 aromatic rings. The Morgan fingerprint density at radius 1 is 1.04 bits per heavy atom. The summed E-state index contributed by atoms with van der Waals surface area (Å²) in [5, 5.41) is 7.16. The summed E-state index contributed by atoms with van der Waals surface area (Å²) in [6.07, 6.45) is 2.97. The maximum absolute atomic E-state index is 12.7. The molecule has 0 aliphatic carbocycles. The standard InChI is InChI=1S/C20H16N2O4S/c1-13(23)14-6-8-15(9-7-14)21-19(24)17(12-16-4-3-11-27-16)22-20(25)18-5-2-10-26-18/h2-12H,1H3,(H,21,24)(H,22,25)/b17-12-. The lowest BCUT2D eigenvalue weighted by Crippen LogP contribution is -2.30. The molecule has 2 heterocycles. The van der Waals surface area contributed by atoms with Gasteiger partial charge in [-0.25, -0.2) is 0 Å². The van der Waals surface area contributed by atoms with Crippen LogP contribution in [0.25, 0.3) is 6.08 Å². The minimum absolute atomic E-state index is 0.0585. The van der Waals surface area contributed by atoms with Crippen LogP contribution in [0.4, 0.5) is 5.69 Å². The van der Waals surface area contributed by atoms with Gasteiger partial charge in [-0.15, -0.1) is 11.3 Å². The highest BCUT2D eigenvalue weighted by Gasteiger charge is 2.17. The van der Waals surface area contributed by atoms with Crippen LogP contribution in [0.3, 0.4) is 0 Å². The van der Waals surface area contributed by atoms with Gasteiger partial charge in [-0.1, -0.05) is 6.07 Å². The van der Waals surface area contributed by atoms with Gasteiger partial charge in [-0.2, -0.15) is 0 Å². The number of rotatable bonds is 6. The molecule has 0 bridgehead atoms. The van der Waals surface area contributed by atoms with Gasteiger partial charge in [0.05, 0.1) is 6.26 Å². The first-order valence-corrected chi connectivity index (χ1v) is 8.93. The van der Waals surface area contributed by atoms with E-state index in [9.17, 15) is 14.4 Å². The van der Waals surface area contributed by atoms with Crippen LogP contribution in [0.15, 0.2) is 70.3 Å². The molecular formula is C20H16N2O4S. The van der Waals surface area contributed by atoms with Gasteiger partial charge in [0.15, 0.2) is 11.5 Å². The lowest BCUT2D eigenvalue weighted by atomic mass is 10.1. The van der Waals surface area contributed by atoms with Crippen LogP contribution < -0.4 is 10.6 Å². The predicted octanol–water partition coefficient (Wildman–Crippen LogP) is 3.95. The molecule has 0 aliphatic rings. The van der Waals surface area contributed by atoms with Crippen molar-refractivity contribution in [2.45, 2.75) is 6.92 Å². The fourth-order valence-corrected chi connectivity index (χ4v) is 2.91. The van der Waals surface area contributed by atoms with Crippen LogP contribution in [0, 0.1) is 0 Å². The third-order valence-electron chi connectivity index (χ3n) is 3.62. The second-order valence-corrected chi connectivity index (χ2v) is 6.57. The SMILES string of the molecule is CC(=O)c1ccc(NC(=O)/C(=C/c2cccs2)NC(=O)c2ccco2)cc1. The molecule has 0 radical (unpaired) electrons. The zero-order chi connectivity index (χ0) is 19.2. The number of benzene rings is 1. The van der Waals surface area contributed by atoms with E-state index in [0.717, 1.165) is 4.88 Å². The van der Waals surface area contributed by atoms with Crippen molar-refractivity contribution in [1.29, 1.82) is 0 Å². The third-order valence-corrected chi connectivity index (χ3v) is 4.44. The molecule has 136 valence electrons. The van der Waals surface area contributed by atoms with Crippen LogP contribution >= 0.6 is 11.3 Å². The molecule has 0 unspecified atom stereocenters. The van der Waals surface area contributed by atoms with Crippen molar-refractivity contribution < 1.29 is 18.8 Å². The summed E-state index contributed by atoms with van der Waals surface area (Å²) in [6, 6.07) is 13.3. The molecule has 0 spiro atoms. The van der Waals surface area contributed by atoms with E-state index in [-0.39, 0.29) is 17.2 Å². The zero-order valence-corrected chi connectivity index (χ0v) is 15.2. The predicted molar refractivity (Wildman–Crippen MR) is 104 cm³/mol. The Hall–Kier alpha value is -3.45. The van der Waals surface area contributed by atoms with Crippen molar-refractivity contribution in [3.05, 3.63) is 82.1 Å². The molecule has 0 atom stereocenters. The fraction of sp³-hybridized carbons (Fsp3) is 0.0500. The Labute approximate surface area is 159 Å². The van der Waals surface area contributed by atoms with E-state index in [4.69, 9.17) is 4.42 Å². The number of ketones is 1. The first-order valence-electron chi connectivity index (χ1n) is 8.05. The quantitative estimate of drug-likeness (QED) is 0.501. The average molecular weight is 380 g/mol. The van der Waals surface area contributed by atoms with Gasteiger partial charge < -0.3 is 15.1 Å². The number of thiophene rings is 1. The minimum atomic E-state index is -0.523. The number of amides is 2. The maximum atomic E-state index is 12.7. The van der Waals surface area contributed by atoms with Crippen LogP contribution in [0.2, 0.25) is 0 Å². The molecule has 6 nitrogen and oxygen atoms in total. The number of furan rings is 1. The van der Waals surface area contributed by atoms with Gasteiger partial charge in [-0.3, -0.25) is 14.4 Å². The van der Waals surface area contributed by atoms with Gasteiger partial charge in [0.25, 0.3) is 11.8 Å². The second kappa shape index (κ2) is 8.29. The normalized spacial score (nSPS) is 11.1. The molecule has 0 saturated heterocycles. The lowest BCUT2D eigenvalue weighted by Gasteiger charge is -2.10. The molecule has 0 saturated carbocycles. The van der Waals surface area contributed by atoms with E-state index >= 15 is 0 Å². The number of anilines is 1. The van der Waals surface area contributed by atoms with Crippen molar-refractivity contribution in [2.24, 2.45) is 0 Å². The molecule has 2 aromatic heterocycles. The van der Waals surface area contributed by atoms with Crippen LogP contribution in [-0.4, -0.2) is 17.6 Å².